The molecule has 0 amide bonds. The number of hydrogen-bond acceptors (Lipinski definition) is 5. The Balaban J connectivity index is 1.51. The maximum Gasteiger partial charge on any atom is 0.358 e. The molecule has 164 valence electrons. The number of nitrogens with one attached hydrogen (secondary N) is 1. The third-order valence-corrected chi connectivity index (χ3v) is 5.93. The van der Waals surface area contributed by atoms with E-state index in [2.05, 4.69) is 10.3 Å². The topological polar surface area (TPSA) is 83.3 Å². The summed E-state index contributed by atoms with van der Waals surface area (Å²) >= 11 is 12.2. The SMILES string of the molecule is O=C(O)C1=NC=C1Oc1ccccc1C1=NC(c2ccc(Cl)cc2)C(c2ccc(Cl)cc2)N1. The molecule has 2 heterocycles. The predicted molar refractivity (Wildman–Crippen MR) is 128 cm³/mol. The Kier molecular flexibility index (Phi) is 5.62. The molecule has 2 N–H and O–H groups in total. The minimum atomic E-state index is -1.13. The first-order chi connectivity index (χ1) is 16.0. The summed E-state index contributed by atoms with van der Waals surface area (Å²) in [6.07, 6.45) is 1.39. The standard InChI is InChI=1S/C25H17Cl2N3O3/c26-16-9-5-14(6-10-16)21-22(15-7-11-17(27)12-8-15)30-24(29-21)18-3-1-2-4-19(18)33-20-13-28-23(20)25(31)32/h1-13,21-22H,(H,29,30)(H,31,32). The van der Waals surface area contributed by atoms with Crippen molar-refractivity contribution in [3.05, 3.63) is 111 Å². The number of benzene rings is 3. The maximum absolute atomic E-state index is 11.3. The van der Waals surface area contributed by atoms with Gasteiger partial charge in [-0.25, -0.2) is 9.79 Å². The van der Waals surface area contributed by atoms with Crippen LogP contribution in [0.1, 0.15) is 28.8 Å². The van der Waals surface area contributed by atoms with Gasteiger partial charge in [-0.15, -0.1) is 0 Å². The van der Waals surface area contributed by atoms with E-state index in [0.29, 0.717) is 27.2 Å². The van der Waals surface area contributed by atoms with Gasteiger partial charge in [0, 0.05) is 10.0 Å². The number of hydrogen-bond donors (Lipinski definition) is 2. The molecule has 0 saturated carbocycles. The number of halogens is 2. The van der Waals surface area contributed by atoms with Crippen molar-refractivity contribution in [3.8, 4) is 5.75 Å². The molecule has 0 bridgehead atoms. The van der Waals surface area contributed by atoms with Gasteiger partial charge in [-0.3, -0.25) is 4.99 Å². The fourth-order valence-corrected chi connectivity index (χ4v) is 4.03. The van der Waals surface area contributed by atoms with Crippen molar-refractivity contribution >= 4 is 40.7 Å². The van der Waals surface area contributed by atoms with Gasteiger partial charge >= 0.3 is 5.97 Å². The molecule has 0 saturated heterocycles. The molecule has 3 aromatic carbocycles. The first-order valence-electron chi connectivity index (χ1n) is 10.1. The highest BCUT2D eigenvalue weighted by molar-refractivity contribution is 6.44. The lowest BCUT2D eigenvalue weighted by Crippen LogP contribution is -2.27. The Morgan fingerprint density at radius 3 is 2.15 bits per heavy atom. The van der Waals surface area contributed by atoms with Crippen LogP contribution in [-0.4, -0.2) is 22.6 Å². The molecule has 2 atom stereocenters. The zero-order valence-electron chi connectivity index (χ0n) is 17.1. The summed E-state index contributed by atoms with van der Waals surface area (Å²) in [5.41, 5.74) is 2.63. The number of carboxylic acid groups (broad SMARTS) is 1. The molecule has 0 aliphatic carbocycles. The van der Waals surface area contributed by atoms with Crippen LogP contribution in [0.15, 0.2) is 94.7 Å². The molecule has 8 heteroatoms. The van der Waals surface area contributed by atoms with Gasteiger partial charge in [-0.2, -0.15) is 0 Å². The van der Waals surface area contributed by atoms with Crippen molar-refractivity contribution in [2.75, 3.05) is 0 Å². The van der Waals surface area contributed by atoms with Crippen molar-refractivity contribution in [1.82, 2.24) is 5.32 Å². The average molecular weight is 478 g/mol. The van der Waals surface area contributed by atoms with E-state index in [1.54, 1.807) is 6.07 Å². The highest BCUT2D eigenvalue weighted by atomic mass is 35.5. The van der Waals surface area contributed by atoms with Gasteiger partial charge in [0.25, 0.3) is 0 Å². The molecule has 0 fully saturated rings. The van der Waals surface area contributed by atoms with Crippen molar-refractivity contribution < 1.29 is 14.6 Å². The Bertz CT molecular complexity index is 1320. The van der Waals surface area contributed by atoms with Gasteiger partial charge in [0.15, 0.2) is 11.5 Å². The lowest BCUT2D eigenvalue weighted by Gasteiger charge is -2.20. The van der Waals surface area contributed by atoms with Gasteiger partial charge in [0.2, 0.25) is 0 Å². The molecule has 2 unspecified atom stereocenters. The average Bonchev–Trinajstić information content (AvgIpc) is 3.23. The lowest BCUT2D eigenvalue weighted by molar-refractivity contribution is -0.129. The molecule has 0 aromatic heterocycles. The number of aliphatic imine (C=N–C) groups is 2. The van der Waals surface area contributed by atoms with E-state index in [-0.39, 0.29) is 23.6 Å². The van der Waals surface area contributed by atoms with Gasteiger partial charge in [0.05, 0.1) is 17.8 Å². The second-order valence-electron chi connectivity index (χ2n) is 7.52. The van der Waals surface area contributed by atoms with Crippen LogP contribution in [0.3, 0.4) is 0 Å². The van der Waals surface area contributed by atoms with Gasteiger partial charge in [0.1, 0.15) is 17.6 Å². The number of amidine groups is 1. The largest absolute Gasteiger partial charge is 0.476 e. The second kappa shape index (κ2) is 8.73. The van der Waals surface area contributed by atoms with E-state index in [0.717, 1.165) is 11.1 Å². The van der Waals surface area contributed by atoms with Crippen LogP contribution in [0, 0.1) is 0 Å². The fraction of sp³-hybridized carbons (Fsp3) is 0.0800. The first-order valence-corrected chi connectivity index (χ1v) is 10.9. The number of ether oxygens (including phenoxy) is 1. The summed E-state index contributed by atoms with van der Waals surface area (Å²) in [6.45, 7) is 0. The summed E-state index contributed by atoms with van der Waals surface area (Å²) in [4.78, 5) is 20.0. The van der Waals surface area contributed by atoms with E-state index < -0.39 is 5.97 Å². The third-order valence-electron chi connectivity index (χ3n) is 5.43. The Morgan fingerprint density at radius 1 is 0.909 bits per heavy atom. The molecule has 0 radical (unpaired) electrons. The molecular formula is C25H17Cl2N3O3. The minimum absolute atomic E-state index is 0.107. The van der Waals surface area contributed by atoms with Crippen LogP contribution in [-0.2, 0) is 4.79 Å². The number of carboxylic acids is 1. The monoisotopic (exact) mass is 477 g/mol. The van der Waals surface area contributed by atoms with Crippen molar-refractivity contribution in [2.45, 2.75) is 12.1 Å². The maximum atomic E-state index is 11.3. The van der Waals surface area contributed by atoms with Crippen LogP contribution in [0.4, 0.5) is 0 Å². The van der Waals surface area contributed by atoms with Crippen LogP contribution in [0.5, 0.6) is 5.75 Å². The van der Waals surface area contributed by atoms with Crippen molar-refractivity contribution in [2.24, 2.45) is 9.98 Å². The van der Waals surface area contributed by atoms with Gasteiger partial charge in [-0.1, -0.05) is 59.6 Å². The Hall–Kier alpha value is -3.61. The van der Waals surface area contributed by atoms with E-state index in [4.69, 9.17) is 32.9 Å². The zero-order valence-corrected chi connectivity index (χ0v) is 18.6. The van der Waals surface area contributed by atoms with Crippen LogP contribution < -0.4 is 10.1 Å². The van der Waals surface area contributed by atoms with Gasteiger partial charge in [-0.05, 0) is 47.5 Å². The molecule has 6 nitrogen and oxygen atoms in total. The first kappa shape index (κ1) is 21.2. The summed E-state index contributed by atoms with van der Waals surface area (Å²) in [5, 5.41) is 14.0. The Morgan fingerprint density at radius 2 is 1.55 bits per heavy atom. The predicted octanol–water partition coefficient (Wildman–Crippen LogP) is 5.59. The molecule has 5 rings (SSSR count). The van der Waals surface area contributed by atoms with Crippen LogP contribution >= 0.6 is 23.2 Å². The van der Waals surface area contributed by atoms with Gasteiger partial charge < -0.3 is 15.2 Å². The zero-order chi connectivity index (χ0) is 22.9. The smallest absolute Gasteiger partial charge is 0.358 e. The lowest BCUT2D eigenvalue weighted by atomic mass is 9.95. The second-order valence-corrected chi connectivity index (χ2v) is 8.39. The summed E-state index contributed by atoms with van der Waals surface area (Å²) < 4.78 is 5.87. The highest BCUT2D eigenvalue weighted by Crippen LogP contribution is 2.39. The highest BCUT2D eigenvalue weighted by Gasteiger charge is 2.33. The quantitative estimate of drug-likeness (QED) is 0.484. The molecule has 0 spiro atoms. The molecular weight excluding hydrogens is 461 g/mol. The van der Waals surface area contributed by atoms with Crippen LogP contribution in [0.2, 0.25) is 10.0 Å². The van der Waals surface area contributed by atoms with Crippen molar-refractivity contribution in [1.29, 1.82) is 0 Å². The number of nitrogens with zero attached hydrogens (tertiary/aromatic N) is 2. The molecule has 2 aliphatic heterocycles. The molecule has 33 heavy (non-hydrogen) atoms. The van der Waals surface area contributed by atoms with E-state index in [9.17, 15) is 9.90 Å². The Labute approximate surface area is 199 Å². The minimum Gasteiger partial charge on any atom is -0.476 e. The van der Waals surface area contributed by atoms with Crippen molar-refractivity contribution in [3.63, 3.8) is 0 Å². The summed E-state index contributed by atoms with van der Waals surface area (Å²) in [6, 6.07) is 22.2. The van der Waals surface area contributed by atoms with E-state index >= 15 is 0 Å². The molecule has 3 aromatic rings. The number of carbonyl (C=O) groups is 1. The molecule has 2 aliphatic rings. The number of rotatable bonds is 6. The number of para-hydroxylation sites is 1. The fourth-order valence-electron chi connectivity index (χ4n) is 3.77. The summed E-state index contributed by atoms with van der Waals surface area (Å²) in [7, 11) is 0. The van der Waals surface area contributed by atoms with Crippen LogP contribution in [0.25, 0.3) is 0 Å². The number of aliphatic carboxylic acids is 1. The normalized spacial score (nSPS) is 19.0. The summed E-state index contributed by atoms with van der Waals surface area (Å²) in [5.74, 6) is 0.193. The third kappa shape index (κ3) is 4.23. The van der Waals surface area contributed by atoms with E-state index in [1.165, 1.54) is 6.20 Å². The van der Waals surface area contributed by atoms with E-state index in [1.807, 2.05) is 66.7 Å².